The molecule has 1 aromatic carbocycles. The zero-order valence-corrected chi connectivity index (χ0v) is 20.9. The molecule has 4 heterocycles. The lowest BCUT2D eigenvalue weighted by atomic mass is 10.00. The van der Waals surface area contributed by atoms with Crippen molar-refractivity contribution in [2.24, 2.45) is 0 Å². The van der Waals surface area contributed by atoms with Gasteiger partial charge in [-0.15, -0.1) is 0 Å². The topological polar surface area (TPSA) is 91.5 Å². The van der Waals surface area contributed by atoms with Crippen LogP contribution in [0, 0.1) is 12.7 Å². The number of hydrogen-bond donors (Lipinski definition) is 0. The molecule has 9 nitrogen and oxygen atoms in total. The summed E-state index contributed by atoms with van der Waals surface area (Å²) in [4.78, 5) is 32.3. The minimum Gasteiger partial charge on any atom is -0.467 e. The van der Waals surface area contributed by atoms with Gasteiger partial charge in [-0.3, -0.25) is 4.79 Å². The Labute approximate surface area is 212 Å². The Bertz CT molecular complexity index is 1350. The van der Waals surface area contributed by atoms with Crippen molar-refractivity contribution in [2.75, 3.05) is 25.2 Å². The zero-order valence-electron chi connectivity index (χ0n) is 20.1. The van der Waals surface area contributed by atoms with E-state index in [0.717, 1.165) is 30.7 Å². The van der Waals surface area contributed by atoms with Crippen LogP contribution in [0.4, 0.5) is 10.1 Å². The first kappa shape index (κ1) is 24.5. The number of carbonyl (C=O) groups is 1. The number of benzene rings is 1. The van der Waals surface area contributed by atoms with Crippen LogP contribution in [0.25, 0.3) is 0 Å². The predicted molar refractivity (Wildman–Crippen MR) is 131 cm³/mol. The van der Waals surface area contributed by atoms with Gasteiger partial charge in [0.05, 0.1) is 37.6 Å². The van der Waals surface area contributed by atoms with Crippen LogP contribution in [0.15, 0.2) is 35.5 Å². The summed E-state index contributed by atoms with van der Waals surface area (Å²) in [6.45, 7) is 3.29. The lowest BCUT2D eigenvalue weighted by Crippen LogP contribution is -2.36. The number of halogens is 2. The molecule has 1 saturated heterocycles. The summed E-state index contributed by atoms with van der Waals surface area (Å²) in [5.41, 5.74) is 3.07. The van der Waals surface area contributed by atoms with Crippen LogP contribution in [-0.4, -0.2) is 45.6 Å². The Morgan fingerprint density at radius 2 is 2.17 bits per heavy atom. The van der Waals surface area contributed by atoms with Crippen LogP contribution >= 0.6 is 11.6 Å². The molecule has 1 fully saturated rings. The first-order chi connectivity index (χ1) is 17.4. The zero-order chi connectivity index (χ0) is 25.4. The lowest BCUT2D eigenvalue weighted by molar-refractivity contribution is -0.143. The average molecular weight is 516 g/mol. The van der Waals surface area contributed by atoms with Gasteiger partial charge >= 0.3 is 5.97 Å². The molecule has 5 rings (SSSR count). The number of ether oxygens (including phenoxy) is 2. The highest BCUT2D eigenvalue weighted by molar-refractivity contribution is 6.33. The number of esters is 1. The van der Waals surface area contributed by atoms with Crippen LogP contribution < -0.4 is 10.5 Å². The second-order valence-corrected chi connectivity index (χ2v) is 9.44. The predicted octanol–water partition coefficient (Wildman–Crippen LogP) is 3.56. The van der Waals surface area contributed by atoms with Gasteiger partial charge in [0.1, 0.15) is 10.8 Å². The van der Waals surface area contributed by atoms with Gasteiger partial charge in [0.15, 0.2) is 12.3 Å². The summed E-state index contributed by atoms with van der Waals surface area (Å²) in [5.74, 6) is -0.834. The average Bonchev–Trinajstić information content (AvgIpc) is 3.30. The highest BCUT2D eigenvalue weighted by Crippen LogP contribution is 2.32. The Morgan fingerprint density at radius 1 is 1.33 bits per heavy atom. The number of aromatic nitrogens is 4. The molecule has 36 heavy (non-hydrogen) atoms. The van der Waals surface area contributed by atoms with Gasteiger partial charge < -0.3 is 18.9 Å². The van der Waals surface area contributed by atoms with E-state index < -0.39 is 18.2 Å². The summed E-state index contributed by atoms with van der Waals surface area (Å²) >= 11 is 6.52. The van der Waals surface area contributed by atoms with E-state index in [4.69, 9.17) is 21.1 Å². The standard InChI is InChI=1S/C25H27ClFN5O4/c1-15-11-16(27)6-7-17(15)23(25(34)35-2)31-14-28-18-13-30(9-8-19(18)31)20-12-29-32(24(33)22(20)26)21-5-3-4-10-36-21/h6-7,11-12,14,21,23H,3-5,8-10,13H2,1-2H3. The van der Waals surface area contributed by atoms with Gasteiger partial charge in [-0.05, 0) is 49.4 Å². The van der Waals surface area contributed by atoms with E-state index in [0.29, 0.717) is 42.9 Å². The van der Waals surface area contributed by atoms with E-state index in [1.165, 1.54) is 23.9 Å². The molecule has 2 unspecified atom stereocenters. The molecule has 2 atom stereocenters. The van der Waals surface area contributed by atoms with Crippen LogP contribution in [0.5, 0.6) is 0 Å². The number of fused-ring (bicyclic) bond motifs is 1. The van der Waals surface area contributed by atoms with Crippen molar-refractivity contribution >= 4 is 23.3 Å². The molecule has 11 heteroatoms. The summed E-state index contributed by atoms with van der Waals surface area (Å²) < 4.78 is 27.6. The first-order valence-electron chi connectivity index (χ1n) is 11.9. The largest absolute Gasteiger partial charge is 0.467 e. The molecule has 190 valence electrons. The van der Waals surface area contributed by atoms with Crippen LogP contribution in [-0.2, 0) is 27.2 Å². The summed E-state index contributed by atoms with van der Waals surface area (Å²) in [5, 5.41) is 4.45. The van der Waals surface area contributed by atoms with Crippen molar-refractivity contribution in [1.29, 1.82) is 0 Å². The van der Waals surface area contributed by atoms with Gasteiger partial charge in [-0.2, -0.15) is 9.78 Å². The van der Waals surface area contributed by atoms with E-state index >= 15 is 0 Å². The second kappa shape index (κ2) is 10.0. The molecule has 2 aliphatic heterocycles. The quantitative estimate of drug-likeness (QED) is 0.480. The first-order valence-corrected chi connectivity index (χ1v) is 12.3. The molecule has 0 radical (unpaired) electrons. The normalized spacial score (nSPS) is 18.6. The number of methoxy groups -OCH3 is 1. The fraction of sp³-hybridized carbons (Fsp3) is 0.440. The van der Waals surface area contributed by atoms with E-state index in [-0.39, 0.29) is 16.4 Å². The maximum atomic E-state index is 13.7. The second-order valence-electron chi connectivity index (χ2n) is 9.06. The SMILES string of the molecule is COC(=O)C(c1ccc(F)cc1C)n1cnc2c1CCN(c1cnn(C3CCCCO3)c(=O)c1Cl)C2. The van der Waals surface area contributed by atoms with Gasteiger partial charge in [0.25, 0.3) is 5.56 Å². The molecule has 2 aromatic heterocycles. The van der Waals surface area contributed by atoms with E-state index in [1.807, 2.05) is 4.90 Å². The van der Waals surface area contributed by atoms with Crippen molar-refractivity contribution in [3.05, 3.63) is 74.4 Å². The minimum absolute atomic E-state index is 0.0939. The van der Waals surface area contributed by atoms with E-state index in [2.05, 4.69) is 10.1 Å². The Kier molecular flexibility index (Phi) is 6.81. The molecule has 3 aromatic rings. The third-order valence-corrected chi connectivity index (χ3v) is 7.22. The maximum Gasteiger partial charge on any atom is 0.333 e. The van der Waals surface area contributed by atoms with Gasteiger partial charge in [-0.1, -0.05) is 17.7 Å². The highest BCUT2D eigenvalue weighted by atomic mass is 35.5. The van der Waals surface area contributed by atoms with Crippen LogP contribution in [0.1, 0.15) is 54.0 Å². The minimum atomic E-state index is -0.789. The van der Waals surface area contributed by atoms with Crippen LogP contribution in [0.3, 0.4) is 0 Å². The molecule has 2 aliphatic rings. The number of nitrogens with zero attached hydrogens (tertiary/aromatic N) is 5. The molecular formula is C25H27ClFN5O4. The molecular weight excluding hydrogens is 489 g/mol. The number of hydrogen-bond acceptors (Lipinski definition) is 7. The molecule has 0 aliphatic carbocycles. The summed E-state index contributed by atoms with van der Waals surface area (Å²) in [6, 6.07) is 3.54. The molecule has 0 saturated carbocycles. The third-order valence-electron chi connectivity index (χ3n) is 6.87. The highest BCUT2D eigenvalue weighted by Gasteiger charge is 2.32. The number of imidazole rings is 1. The van der Waals surface area contributed by atoms with Gasteiger partial charge in [0.2, 0.25) is 0 Å². The van der Waals surface area contributed by atoms with Gasteiger partial charge in [-0.25, -0.2) is 14.2 Å². The number of anilines is 1. The molecule has 0 bridgehead atoms. The fourth-order valence-electron chi connectivity index (χ4n) is 4.99. The van der Waals surface area contributed by atoms with E-state index in [9.17, 15) is 14.0 Å². The van der Waals surface area contributed by atoms with Crippen molar-refractivity contribution in [1.82, 2.24) is 19.3 Å². The fourth-order valence-corrected chi connectivity index (χ4v) is 5.24. The summed E-state index contributed by atoms with van der Waals surface area (Å²) in [6.07, 6.45) is 6.03. The van der Waals surface area contributed by atoms with Crippen molar-refractivity contribution in [3.8, 4) is 0 Å². The van der Waals surface area contributed by atoms with Crippen molar-refractivity contribution in [3.63, 3.8) is 0 Å². The smallest absolute Gasteiger partial charge is 0.333 e. The van der Waals surface area contributed by atoms with Crippen molar-refractivity contribution < 1.29 is 18.7 Å². The Balaban J connectivity index is 1.44. The maximum absolute atomic E-state index is 13.7. The molecule has 0 spiro atoms. The number of aryl methyl sites for hydroxylation is 1. The van der Waals surface area contributed by atoms with E-state index in [1.54, 1.807) is 30.1 Å². The lowest BCUT2D eigenvalue weighted by Gasteiger charge is -2.31. The Hall–Kier alpha value is -3.24. The Morgan fingerprint density at radius 3 is 2.89 bits per heavy atom. The molecule has 0 N–H and O–H groups in total. The monoisotopic (exact) mass is 515 g/mol. The number of rotatable bonds is 5. The summed E-state index contributed by atoms with van der Waals surface area (Å²) in [7, 11) is 1.33. The van der Waals surface area contributed by atoms with Gasteiger partial charge in [0, 0.05) is 25.3 Å². The van der Waals surface area contributed by atoms with Crippen molar-refractivity contribution in [2.45, 2.75) is 51.4 Å². The van der Waals surface area contributed by atoms with Crippen LogP contribution in [0.2, 0.25) is 5.02 Å². The molecule has 0 amide bonds. The third kappa shape index (κ3) is 4.39. The number of carbonyl (C=O) groups excluding carboxylic acids is 1.